The van der Waals surface area contributed by atoms with E-state index in [1.165, 1.54) is 0 Å². The molecule has 0 unspecified atom stereocenters. The van der Waals surface area contributed by atoms with Crippen molar-refractivity contribution in [1.82, 2.24) is 4.72 Å². The highest BCUT2D eigenvalue weighted by atomic mass is 32.2. The molecule has 96 valence electrons. The van der Waals surface area contributed by atoms with E-state index in [-0.39, 0.29) is 17.3 Å². The van der Waals surface area contributed by atoms with Crippen molar-refractivity contribution in [2.45, 2.75) is 57.9 Å². The van der Waals surface area contributed by atoms with Crippen LogP contribution in [0.4, 0.5) is 4.39 Å². The molecule has 0 heterocycles. The number of nitrogens with one attached hydrogen (secondary N) is 1. The summed E-state index contributed by atoms with van der Waals surface area (Å²) in [4.78, 5) is 1.10. The quantitative estimate of drug-likeness (QED) is 0.789. The molecule has 0 saturated heterocycles. The lowest BCUT2D eigenvalue weighted by atomic mass is 10.0. The summed E-state index contributed by atoms with van der Waals surface area (Å²) in [5.41, 5.74) is 1.81. The highest BCUT2D eigenvalue weighted by Crippen LogP contribution is 2.28. The van der Waals surface area contributed by atoms with Gasteiger partial charge < -0.3 is 0 Å². The fourth-order valence-electron chi connectivity index (χ4n) is 1.43. The van der Waals surface area contributed by atoms with Crippen LogP contribution in [0.5, 0.6) is 0 Å². The molecule has 17 heavy (non-hydrogen) atoms. The van der Waals surface area contributed by atoms with Crippen LogP contribution in [0.15, 0.2) is 17.0 Å². The van der Waals surface area contributed by atoms with Crippen molar-refractivity contribution in [2.24, 2.45) is 0 Å². The number of halogens is 1. The first kappa shape index (κ1) is 14.5. The van der Waals surface area contributed by atoms with Gasteiger partial charge in [-0.15, -0.1) is 0 Å². The maximum absolute atomic E-state index is 13.7. The molecule has 0 radical (unpaired) electrons. The lowest BCUT2D eigenvalue weighted by molar-refractivity contribution is 0.535. The number of rotatable bonds is 3. The van der Waals surface area contributed by atoms with Crippen molar-refractivity contribution in [3.8, 4) is 0 Å². The maximum atomic E-state index is 13.7. The van der Waals surface area contributed by atoms with Crippen molar-refractivity contribution in [2.75, 3.05) is 0 Å². The van der Waals surface area contributed by atoms with E-state index in [4.69, 9.17) is 0 Å². The summed E-state index contributed by atoms with van der Waals surface area (Å²) in [6, 6.07) is 3.58. The van der Waals surface area contributed by atoms with Gasteiger partial charge in [-0.05, 0) is 68.8 Å². The Balaban J connectivity index is 2.96. The molecule has 0 fully saturated rings. The predicted octanol–water partition coefficient (Wildman–Crippen LogP) is 4.65. The Morgan fingerprint density at radius 2 is 1.82 bits per heavy atom. The Labute approximate surface area is 108 Å². The molecule has 1 aromatic rings. The van der Waals surface area contributed by atoms with Crippen LogP contribution >= 0.6 is 11.9 Å². The average Bonchev–Trinajstić information content (AvgIpc) is 2.14. The monoisotopic (exact) mass is 255 g/mol. The first-order chi connectivity index (χ1) is 7.70. The Hall–Kier alpha value is -0.540. The number of benzene rings is 1. The topological polar surface area (TPSA) is 12.0 Å². The highest BCUT2D eigenvalue weighted by Gasteiger charge is 2.14. The predicted molar refractivity (Wildman–Crippen MR) is 74.0 cm³/mol. The molecule has 3 heteroatoms. The molecule has 1 nitrogen and oxygen atoms in total. The second-order valence-corrected chi connectivity index (χ2v) is 6.60. The van der Waals surface area contributed by atoms with Gasteiger partial charge in [-0.1, -0.05) is 13.8 Å². The molecular formula is C14H22FNS. The standard InChI is InChI=1S/C14H22FNS/c1-9(2)11-8-13(10(3)7-12(11)15)17-16-14(4,5)6/h7-9,16H,1-6H3. The zero-order chi connectivity index (χ0) is 13.2. The van der Waals surface area contributed by atoms with E-state index in [1.54, 1.807) is 18.0 Å². The van der Waals surface area contributed by atoms with Crippen LogP contribution in [-0.4, -0.2) is 5.54 Å². The van der Waals surface area contributed by atoms with Crippen LogP contribution < -0.4 is 4.72 Å². The average molecular weight is 255 g/mol. The summed E-state index contributed by atoms with van der Waals surface area (Å²) in [5, 5.41) is 0. The third kappa shape index (κ3) is 4.32. The lowest BCUT2D eigenvalue weighted by Gasteiger charge is -2.21. The Morgan fingerprint density at radius 3 is 2.29 bits per heavy atom. The molecule has 0 aliphatic carbocycles. The number of aryl methyl sites for hydroxylation is 1. The molecule has 0 aliphatic rings. The van der Waals surface area contributed by atoms with Crippen molar-refractivity contribution >= 4 is 11.9 Å². The summed E-state index contributed by atoms with van der Waals surface area (Å²) in [7, 11) is 0. The van der Waals surface area contributed by atoms with Gasteiger partial charge >= 0.3 is 0 Å². The van der Waals surface area contributed by atoms with E-state index >= 15 is 0 Å². The van der Waals surface area contributed by atoms with E-state index in [0.717, 1.165) is 16.0 Å². The summed E-state index contributed by atoms with van der Waals surface area (Å²) in [5.74, 6) is 0.113. The SMILES string of the molecule is Cc1cc(F)c(C(C)C)cc1SNC(C)(C)C. The first-order valence-electron chi connectivity index (χ1n) is 5.95. The summed E-state index contributed by atoms with van der Waals surface area (Å²) in [6.07, 6.45) is 0. The number of hydrogen-bond acceptors (Lipinski definition) is 2. The van der Waals surface area contributed by atoms with Gasteiger partial charge in [-0.3, -0.25) is 4.72 Å². The van der Waals surface area contributed by atoms with Gasteiger partial charge in [-0.2, -0.15) is 0 Å². The van der Waals surface area contributed by atoms with E-state index in [0.29, 0.717) is 0 Å². The Morgan fingerprint density at radius 1 is 1.24 bits per heavy atom. The molecular weight excluding hydrogens is 233 g/mol. The van der Waals surface area contributed by atoms with Crippen LogP contribution in [0.1, 0.15) is 51.7 Å². The number of hydrogen-bond donors (Lipinski definition) is 1. The second-order valence-electron chi connectivity index (χ2n) is 5.75. The first-order valence-corrected chi connectivity index (χ1v) is 6.76. The molecule has 0 spiro atoms. The Bertz CT molecular complexity index is 394. The van der Waals surface area contributed by atoms with E-state index in [9.17, 15) is 4.39 Å². The van der Waals surface area contributed by atoms with Crippen LogP contribution in [0.25, 0.3) is 0 Å². The van der Waals surface area contributed by atoms with E-state index in [2.05, 4.69) is 25.5 Å². The minimum atomic E-state index is -0.0994. The summed E-state index contributed by atoms with van der Waals surface area (Å²) < 4.78 is 17.1. The van der Waals surface area contributed by atoms with Gasteiger partial charge in [-0.25, -0.2) is 4.39 Å². The fraction of sp³-hybridized carbons (Fsp3) is 0.571. The van der Waals surface area contributed by atoms with Gasteiger partial charge in [0.25, 0.3) is 0 Å². The minimum absolute atomic E-state index is 0.0451. The molecule has 0 atom stereocenters. The van der Waals surface area contributed by atoms with Crippen LogP contribution in [-0.2, 0) is 0 Å². The van der Waals surface area contributed by atoms with Crippen LogP contribution in [0.2, 0.25) is 0 Å². The molecule has 0 aromatic heterocycles. The third-order valence-electron chi connectivity index (χ3n) is 2.38. The van der Waals surface area contributed by atoms with E-state index < -0.39 is 0 Å². The summed E-state index contributed by atoms with van der Waals surface area (Å²) >= 11 is 1.58. The van der Waals surface area contributed by atoms with Crippen molar-refractivity contribution in [1.29, 1.82) is 0 Å². The molecule has 0 amide bonds. The van der Waals surface area contributed by atoms with Gasteiger partial charge in [0.2, 0.25) is 0 Å². The lowest BCUT2D eigenvalue weighted by Crippen LogP contribution is -2.29. The minimum Gasteiger partial charge on any atom is -0.255 e. The largest absolute Gasteiger partial charge is 0.255 e. The van der Waals surface area contributed by atoms with Crippen molar-refractivity contribution < 1.29 is 4.39 Å². The third-order valence-corrected chi connectivity index (χ3v) is 3.76. The molecule has 0 saturated carbocycles. The Kier molecular flexibility index (Phi) is 4.62. The van der Waals surface area contributed by atoms with E-state index in [1.807, 2.05) is 26.8 Å². The maximum Gasteiger partial charge on any atom is 0.127 e. The smallest absolute Gasteiger partial charge is 0.127 e. The van der Waals surface area contributed by atoms with Crippen LogP contribution in [0.3, 0.4) is 0 Å². The van der Waals surface area contributed by atoms with Gasteiger partial charge in [0.1, 0.15) is 5.82 Å². The zero-order valence-electron chi connectivity index (χ0n) is 11.5. The molecule has 1 N–H and O–H groups in total. The van der Waals surface area contributed by atoms with Crippen LogP contribution in [0, 0.1) is 12.7 Å². The molecule has 0 bridgehead atoms. The second kappa shape index (κ2) is 5.40. The molecule has 1 aromatic carbocycles. The van der Waals surface area contributed by atoms with Crippen molar-refractivity contribution in [3.63, 3.8) is 0 Å². The zero-order valence-corrected chi connectivity index (χ0v) is 12.3. The van der Waals surface area contributed by atoms with Crippen molar-refractivity contribution in [3.05, 3.63) is 29.1 Å². The van der Waals surface area contributed by atoms with Gasteiger partial charge in [0, 0.05) is 10.4 Å². The van der Waals surface area contributed by atoms with Gasteiger partial charge in [0.15, 0.2) is 0 Å². The molecule has 1 rings (SSSR count). The normalized spacial score (nSPS) is 12.2. The van der Waals surface area contributed by atoms with Gasteiger partial charge in [0.05, 0.1) is 0 Å². The highest BCUT2D eigenvalue weighted by molar-refractivity contribution is 7.97. The summed E-state index contributed by atoms with van der Waals surface area (Å²) in [6.45, 7) is 12.3. The fourth-order valence-corrected chi connectivity index (χ4v) is 2.25. The molecule has 0 aliphatic heterocycles.